The molecule has 7 nitrogen and oxygen atoms in total. The van der Waals surface area contributed by atoms with Crippen molar-refractivity contribution in [3.05, 3.63) is 30.2 Å². The molecule has 1 fully saturated rings. The number of halogens is 3. The lowest BCUT2D eigenvalue weighted by Crippen LogP contribution is -2.60. The Hall–Kier alpha value is -1.88. The third-order valence-corrected chi connectivity index (χ3v) is 4.07. The van der Waals surface area contributed by atoms with Crippen molar-refractivity contribution in [2.24, 2.45) is 0 Å². The van der Waals surface area contributed by atoms with Crippen LogP contribution in [0, 0.1) is 0 Å². The normalized spacial score (nSPS) is 26.0. The third kappa shape index (κ3) is 3.18. The van der Waals surface area contributed by atoms with Crippen LogP contribution in [-0.2, 0) is 6.18 Å². The summed E-state index contributed by atoms with van der Waals surface area (Å²) in [7, 11) is 1.66. The van der Waals surface area contributed by atoms with Crippen LogP contribution in [0.25, 0.3) is 5.52 Å². The van der Waals surface area contributed by atoms with Gasteiger partial charge in [-0.05, 0) is 19.2 Å². The first-order valence-corrected chi connectivity index (χ1v) is 7.39. The Morgan fingerprint density at radius 3 is 2.71 bits per heavy atom. The SMILES string of the molecule is CNN1CC(O)C(O)[C@@H](Nc2nc(C(F)(F)F)cn3cccc23)C1. The number of piperidine rings is 1. The van der Waals surface area contributed by atoms with E-state index in [0.717, 1.165) is 6.20 Å². The number of fused-ring (bicyclic) bond motifs is 1. The number of aromatic nitrogens is 2. The molecule has 0 spiro atoms. The van der Waals surface area contributed by atoms with E-state index in [2.05, 4.69) is 15.7 Å². The molecule has 2 aromatic rings. The Kier molecular flexibility index (Phi) is 4.38. The van der Waals surface area contributed by atoms with Crippen LogP contribution in [0.4, 0.5) is 19.0 Å². The molecule has 3 heterocycles. The first kappa shape index (κ1) is 17.0. The number of alkyl halides is 3. The van der Waals surface area contributed by atoms with E-state index < -0.39 is 30.1 Å². The van der Waals surface area contributed by atoms with Crippen LogP contribution in [-0.4, -0.2) is 63.0 Å². The van der Waals surface area contributed by atoms with E-state index in [1.54, 1.807) is 24.2 Å². The molecule has 1 aliphatic rings. The first-order chi connectivity index (χ1) is 11.3. The number of hydrazine groups is 1. The zero-order chi connectivity index (χ0) is 17.5. The first-order valence-electron chi connectivity index (χ1n) is 7.39. The number of hydrogen-bond donors (Lipinski definition) is 4. The molecular formula is C14H18F3N5O2. The van der Waals surface area contributed by atoms with Gasteiger partial charge in [0, 0.05) is 25.5 Å². The smallest absolute Gasteiger partial charge is 0.389 e. The number of β-amino-alcohol motifs (C(OH)–C–C–N with tert-alkyl or cyclic N) is 1. The maximum absolute atomic E-state index is 13.0. The summed E-state index contributed by atoms with van der Waals surface area (Å²) in [5.41, 5.74) is 2.27. The topological polar surface area (TPSA) is 85.1 Å². The van der Waals surface area contributed by atoms with Gasteiger partial charge in [0.2, 0.25) is 0 Å². The van der Waals surface area contributed by atoms with Gasteiger partial charge in [-0.2, -0.15) is 13.2 Å². The molecule has 2 aromatic heterocycles. The standard InChI is InChI=1S/C14H18F3N5O2/c1-18-22-5-8(12(24)10(23)6-22)19-13-9-3-2-4-21(9)7-11(20-13)14(15,16)17/h2-4,7-8,10,12,18,23-24H,5-6H2,1H3,(H,19,20)/t8-,10?,12?/m0/s1. The van der Waals surface area contributed by atoms with Crippen molar-refractivity contribution in [2.75, 3.05) is 25.5 Å². The average molecular weight is 345 g/mol. The lowest BCUT2D eigenvalue weighted by atomic mass is 10.0. The van der Waals surface area contributed by atoms with Crippen molar-refractivity contribution in [2.45, 2.75) is 24.4 Å². The predicted octanol–water partition coefficient (Wildman–Crippen LogP) is 0.305. The Bertz CT molecular complexity index is 720. The van der Waals surface area contributed by atoms with Gasteiger partial charge in [0.1, 0.15) is 6.10 Å². The largest absolute Gasteiger partial charge is 0.434 e. The highest BCUT2D eigenvalue weighted by Crippen LogP contribution is 2.30. The van der Waals surface area contributed by atoms with Crippen molar-refractivity contribution in [1.82, 2.24) is 19.8 Å². The van der Waals surface area contributed by atoms with E-state index in [0.29, 0.717) is 12.1 Å². The Balaban J connectivity index is 1.95. The third-order valence-electron chi connectivity index (χ3n) is 4.07. The maximum atomic E-state index is 13.0. The molecule has 0 amide bonds. The number of nitrogens with zero attached hydrogens (tertiary/aromatic N) is 3. The molecule has 0 aliphatic carbocycles. The van der Waals surface area contributed by atoms with Gasteiger partial charge in [-0.3, -0.25) is 5.43 Å². The lowest BCUT2D eigenvalue weighted by Gasteiger charge is -2.39. The van der Waals surface area contributed by atoms with Crippen molar-refractivity contribution in [1.29, 1.82) is 0 Å². The molecule has 24 heavy (non-hydrogen) atoms. The molecule has 1 aliphatic heterocycles. The maximum Gasteiger partial charge on any atom is 0.434 e. The number of nitrogens with one attached hydrogen (secondary N) is 2. The molecule has 0 saturated carbocycles. The summed E-state index contributed by atoms with van der Waals surface area (Å²) in [5.74, 6) is 0.00373. The number of rotatable bonds is 3. The van der Waals surface area contributed by atoms with Crippen LogP contribution in [0.5, 0.6) is 0 Å². The minimum atomic E-state index is -4.59. The molecule has 0 bridgehead atoms. The van der Waals surface area contributed by atoms with Crippen molar-refractivity contribution in [3.63, 3.8) is 0 Å². The van der Waals surface area contributed by atoms with Crippen LogP contribution in [0.3, 0.4) is 0 Å². The second-order valence-electron chi connectivity index (χ2n) is 5.71. The molecule has 3 rings (SSSR count). The molecule has 2 unspecified atom stereocenters. The number of hydrogen-bond acceptors (Lipinski definition) is 6. The number of aliphatic hydroxyl groups excluding tert-OH is 2. The van der Waals surface area contributed by atoms with Gasteiger partial charge in [-0.15, -0.1) is 0 Å². The summed E-state index contributed by atoms with van der Waals surface area (Å²) in [6.07, 6.45) is -4.34. The fourth-order valence-corrected chi connectivity index (χ4v) is 2.80. The molecule has 132 valence electrons. The number of aliphatic hydroxyl groups is 2. The van der Waals surface area contributed by atoms with Gasteiger partial charge in [-0.1, -0.05) is 0 Å². The van der Waals surface area contributed by atoms with Crippen LogP contribution >= 0.6 is 0 Å². The van der Waals surface area contributed by atoms with E-state index in [1.165, 1.54) is 10.6 Å². The quantitative estimate of drug-likeness (QED) is 0.641. The van der Waals surface area contributed by atoms with E-state index in [1.807, 2.05) is 0 Å². The second-order valence-corrected chi connectivity index (χ2v) is 5.71. The molecular weight excluding hydrogens is 327 g/mol. The lowest BCUT2D eigenvalue weighted by molar-refractivity contribution is -0.141. The van der Waals surface area contributed by atoms with Crippen LogP contribution in [0.2, 0.25) is 0 Å². The van der Waals surface area contributed by atoms with Crippen LogP contribution < -0.4 is 10.7 Å². The summed E-state index contributed by atoms with van der Waals surface area (Å²) in [5, 5.41) is 24.6. The van der Waals surface area contributed by atoms with E-state index >= 15 is 0 Å². The molecule has 3 atom stereocenters. The summed E-state index contributed by atoms with van der Waals surface area (Å²) in [6, 6.07) is 2.54. The Labute approximate surface area is 135 Å². The highest BCUT2D eigenvalue weighted by molar-refractivity contribution is 5.68. The molecule has 4 N–H and O–H groups in total. The van der Waals surface area contributed by atoms with Crippen molar-refractivity contribution < 1.29 is 23.4 Å². The number of anilines is 1. The zero-order valence-corrected chi connectivity index (χ0v) is 12.8. The van der Waals surface area contributed by atoms with Gasteiger partial charge in [0.25, 0.3) is 0 Å². The van der Waals surface area contributed by atoms with E-state index in [4.69, 9.17) is 0 Å². The van der Waals surface area contributed by atoms with Gasteiger partial charge in [-0.25, -0.2) is 9.99 Å². The van der Waals surface area contributed by atoms with Gasteiger partial charge in [0.15, 0.2) is 11.5 Å². The molecule has 10 heteroatoms. The Morgan fingerprint density at radius 2 is 2.04 bits per heavy atom. The highest BCUT2D eigenvalue weighted by atomic mass is 19.4. The van der Waals surface area contributed by atoms with Gasteiger partial charge >= 0.3 is 6.18 Å². The average Bonchev–Trinajstić information content (AvgIpc) is 2.99. The van der Waals surface area contributed by atoms with E-state index in [-0.39, 0.29) is 12.4 Å². The van der Waals surface area contributed by atoms with Crippen molar-refractivity contribution >= 4 is 11.3 Å². The summed E-state index contributed by atoms with van der Waals surface area (Å²) in [6.45, 7) is 0.506. The fraction of sp³-hybridized carbons (Fsp3) is 0.500. The summed E-state index contributed by atoms with van der Waals surface area (Å²) < 4.78 is 40.4. The Morgan fingerprint density at radius 1 is 1.29 bits per heavy atom. The predicted molar refractivity (Wildman–Crippen MR) is 80.3 cm³/mol. The molecule has 1 saturated heterocycles. The van der Waals surface area contributed by atoms with Crippen molar-refractivity contribution in [3.8, 4) is 0 Å². The molecule has 0 radical (unpaired) electrons. The molecule has 0 aromatic carbocycles. The minimum Gasteiger partial charge on any atom is -0.389 e. The zero-order valence-electron chi connectivity index (χ0n) is 12.8. The highest BCUT2D eigenvalue weighted by Gasteiger charge is 2.37. The van der Waals surface area contributed by atoms with E-state index in [9.17, 15) is 23.4 Å². The van der Waals surface area contributed by atoms with Crippen LogP contribution in [0.15, 0.2) is 24.5 Å². The summed E-state index contributed by atoms with van der Waals surface area (Å²) >= 11 is 0. The van der Waals surface area contributed by atoms with Crippen LogP contribution in [0.1, 0.15) is 5.69 Å². The monoisotopic (exact) mass is 345 g/mol. The fourth-order valence-electron chi connectivity index (χ4n) is 2.80. The van der Waals surface area contributed by atoms with Gasteiger partial charge in [0.05, 0.1) is 17.7 Å². The second kappa shape index (κ2) is 6.20. The van der Waals surface area contributed by atoms with Gasteiger partial charge < -0.3 is 19.9 Å². The summed E-state index contributed by atoms with van der Waals surface area (Å²) in [4.78, 5) is 3.66. The minimum absolute atomic E-state index is 0.00373.